The Morgan fingerprint density at radius 1 is 0.653 bits per heavy atom. The molecule has 0 aromatic carbocycles. The van der Waals surface area contributed by atoms with Gasteiger partial charge in [-0.3, -0.25) is 0 Å². The Bertz CT molecular complexity index is 688. The number of rotatable bonds is 21. The van der Waals surface area contributed by atoms with Crippen molar-refractivity contribution in [2.75, 3.05) is 27.4 Å². The molecular weight excluding hydrogens is 632 g/mol. The van der Waals surface area contributed by atoms with Gasteiger partial charge < -0.3 is 54.0 Å². The van der Waals surface area contributed by atoms with Gasteiger partial charge in [0, 0.05) is 14.2 Å². The lowest BCUT2D eigenvalue weighted by Gasteiger charge is -2.30. The SMILES string of the molecule is C=CC(O)CCC.CCCC(OC(C)(C)OC)C(C)O.CCCC(OC(C)(C)OC)C1CO1.CCC[C@@H](O)C(C)O.CCC[C@@H](O)C1CO1. The molecule has 0 amide bonds. The zero-order valence-electron chi connectivity index (χ0n) is 33.7. The molecular formula is C38H80O11. The van der Waals surface area contributed by atoms with Crippen LogP contribution in [-0.4, -0.2) is 119 Å². The van der Waals surface area contributed by atoms with Crippen LogP contribution in [0.1, 0.15) is 140 Å². The van der Waals surface area contributed by atoms with E-state index in [1.54, 1.807) is 34.1 Å². The van der Waals surface area contributed by atoms with Gasteiger partial charge >= 0.3 is 0 Å². The lowest BCUT2D eigenvalue weighted by Crippen LogP contribution is -2.37. The molecule has 0 aliphatic carbocycles. The molecule has 49 heavy (non-hydrogen) atoms. The molecule has 0 aromatic rings. The van der Waals surface area contributed by atoms with Gasteiger partial charge in [0.2, 0.25) is 0 Å². The summed E-state index contributed by atoms with van der Waals surface area (Å²) in [6, 6.07) is 0. The van der Waals surface area contributed by atoms with Crippen LogP contribution in [0.25, 0.3) is 0 Å². The van der Waals surface area contributed by atoms with Gasteiger partial charge in [0.05, 0.1) is 55.9 Å². The average Bonchev–Trinajstić information content (AvgIpc) is 3.96. The normalized spacial score (nSPS) is 20.8. The molecule has 298 valence electrons. The van der Waals surface area contributed by atoms with Crippen LogP contribution < -0.4 is 0 Å². The molecule has 0 spiro atoms. The van der Waals surface area contributed by atoms with E-state index in [-0.39, 0.29) is 30.5 Å². The molecule has 2 saturated heterocycles. The zero-order valence-corrected chi connectivity index (χ0v) is 33.7. The maximum absolute atomic E-state index is 9.42. The number of hydrogen-bond acceptors (Lipinski definition) is 11. The van der Waals surface area contributed by atoms with Crippen LogP contribution >= 0.6 is 0 Å². The number of ether oxygens (including phenoxy) is 6. The molecule has 2 heterocycles. The maximum Gasteiger partial charge on any atom is 0.162 e. The van der Waals surface area contributed by atoms with Crippen LogP contribution in [-0.2, 0) is 28.4 Å². The summed E-state index contributed by atoms with van der Waals surface area (Å²) in [5, 5.41) is 44.8. The standard InChI is InChI=1S/C10H20O3.C10H22O3.C6H12O2.C6H14O2.C6H12O/c1-5-6-8(9-7-12-9)13-10(2,3)11-4;1-6-7-9(8(2)11)13-10(3,4)12-5;1-2-3-5(7)6-4-8-6;1-3-4-6(8)5(2)7;1-3-5-6(7)4-2/h8-9H,5-7H2,1-4H3;8-9,11H,6-7H2,1-5H3;5-7H,2-4H2,1H3;5-8H,3-4H2,1-2H3;4,6-7H,2-3,5H2,1H3/t;;5-,6?;5?,6-;/m..11./s1. The molecule has 0 radical (unpaired) electrons. The predicted octanol–water partition coefficient (Wildman–Crippen LogP) is 6.30. The molecule has 2 aliphatic heterocycles. The van der Waals surface area contributed by atoms with E-state index >= 15 is 0 Å². The Hall–Kier alpha value is -0.700. The van der Waals surface area contributed by atoms with E-state index in [9.17, 15) is 5.11 Å². The van der Waals surface area contributed by atoms with Crippen molar-refractivity contribution in [2.45, 2.75) is 207 Å². The quantitative estimate of drug-likeness (QED) is 0.0516. The van der Waals surface area contributed by atoms with E-state index in [0.717, 1.165) is 71.0 Å². The summed E-state index contributed by atoms with van der Waals surface area (Å²) in [5.74, 6) is -1.11. The second-order valence-electron chi connectivity index (χ2n) is 13.6. The Morgan fingerprint density at radius 2 is 1.08 bits per heavy atom. The first-order chi connectivity index (χ1) is 22.8. The third kappa shape index (κ3) is 32.9. The first kappa shape index (κ1) is 52.7. The van der Waals surface area contributed by atoms with Gasteiger partial charge in [-0.05, 0) is 73.6 Å². The third-order valence-corrected chi connectivity index (χ3v) is 7.68. The van der Waals surface area contributed by atoms with E-state index in [1.807, 2.05) is 41.5 Å². The van der Waals surface area contributed by atoms with Crippen molar-refractivity contribution in [3.63, 3.8) is 0 Å². The van der Waals surface area contributed by atoms with E-state index in [2.05, 4.69) is 27.4 Å². The average molecular weight is 713 g/mol. The van der Waals surface area contributed by atoms with Gasteiger partial charge in [-0.25, -0.2) is 0 Å². The zero-order chi connectivity index (χ0) is 38.6. The lowest BCUT2D eigenvalue weighted by molar-refractivity contribution is -0.239. The fourth-order valence-corrected chi connectivity index (χ4v) is 4.09. The van der Waals surface area contributed by atoms with Crippen molar-refractivity contribution in [3.8, 4) is 0 Å². The van der Waals surface area contributed by atoms with E-state index in [0.29, 0.717) is 12.5 Å². The summed E-state index contributed by atoms with van der Waals surface area (Å²) in [6.45, 7) is 26.2. The first-order valence-corrected chi connectivity index (χ1v) is 18.6. The summed E-state index contributed by atoms with van der Waals surface area (Å²) >= 11 is 0. The summed E-state index contributed by atoms with van der Waals surface area (Å²) in [5.41, 5.74) is 0. The van der Waals surface area contributed by atoms with Gasteiger partial charge in [-0.15, -0.1) is 6.58 Å². The minimum Gasteiger partial charge on any atom is -0.391 e. The van der Waals surface area contributed by atoms with Crippen LogP contribution in [0.3, 0.4) is 0 Å². The largest absolute Gasteiger partial charge is 0.391 e. The van der Waals surface area contributed by atoms with Gasteiger partial charge in [-0.2, -0.15) is 0 Å². The van der Waals surface area contributed by atoms with Crippen molar-refractivity contribution >= 4 is 0 Å². The number of methoxy groups -OCH3 is 2. The second-order valence-corrected chi connectivity index (χ2v) is 13.6. The molecule has 2 fully saturated rings. The van der Waals surface area contributed by atoms with Gasteiger partial charge in [0.25, 0.3) is 0 Å². The highest BCUT2D eigenvalue weighted by Gasteiger charge is 2.36. The topological polar surface area (TPSA) is 163 Å². The summed E-state index contributed by atoms with van der Waals surface area (Å²) < 4.78 is 31.9. The van der Waals surface area contributed by atoms with E-state index in [4.69, 9.17) is 48.8 Å². The summed E-state index contributed by atoms with van der Waals surface area (Å²) in [7, 11) is 3.27. The van der Waals surface area contributed by atoms with Crippen LogP contribution in [0.5, 0.6) is 0 Å². The molecule has 11 heteroatoms. The molecule has 2 rings (SSSR count). The number of hydrogen-bond donors (Lipinski definition) is 5. The van der Waals surface area contributed by atoms with Crippen molar-refractivity contribution < 1.29 is 54.0 Å². The monoisotopic (exact) mass is 713 g/mol. The molecule has 7 unspecified atom stereocenters. The lowest BCUT2D eigenvalue weighted by atomic mass is 10.1. The van der Waals surface area contributed by atoms with Crippen molar-refractivity contribution in [3.05, 3.63) is 12.7 Å². The number of epoxide rings is 2. The van der Waals surface area contributed by atoms with Crippen molar-refractivity contribution in [2.24, 2.45) is 0 Å². The molecule has 0 bridgehead atoms. The van der Waals surface area contributed by atoms with E-state index in [1.165, 1.54) is 0 Å². The van der Waals surface area contributed by atoms with E-state index < -0.39 is 29.9 Å². The maximum atomic E-state index is 9.42. The smallest absolute Gasteiger partial charge is 0.162 e. The molecule has 2 aliphatic rings. The molecule has 0 saturated carbocycles. The molecule has 0 aromatic heterocycles. The molecule has 11 nitrogen and oxygen atoms in total. The van der Waals surface area contributed by atoms with Crippen LogP contribution in [0.15, 0.2) is 12.7 Å². The fraction of sp³-hybridized carbons (Fsp3) is 0.947. The Balaban J connectivity index is -0.000000553. The third-order valence-electron chi connectivity index (χ3n) is 7.68. The number of aliphatic hydroxyl groups is 5. The van der Waals surface area contributed by atoms with Crippen LogP contribution in [0, 0.1) is 0 Å². The summed E-state index contributed by atoms with van der Waals surface area (Å²) in [6.07, 6.45) is 9.45. The van der Waals surface area contributed by atoms with Gasteiger partial charge in [0.15, 0.2) is 11.6 Å². The Labute approximate surface area is 300 Å². The van der Waals surface area contributed by atoms with Crippen LogP contribution in [0.2, 0.25) is 0 Å². The molecule has 9 atom stereocenters. The Kier molecular flexibility index (Phi) is 33.2. The highest BCUT2D eigenvalue weighted by molar-refractivity contribution is 4.81. The predicted molar refractivity (Wildman–Crippen MR) is 198 cm³/mol. The fourth-order valence-electron chi connectivity index (χ4n) is 4.09. The molecule has 5 N–H and O–H groups in total. The van der Waals surface area contributed by atoms with Crippen molar-refractivity contribution in [1.29, 1.82) is 0 Å². The summed E-state index contributed by atoms with van der Waals surface area (Å²) in [4.78, 5) is 0. The van der Waals surface area contributed by atoms with Crippen LogP contribution in [0.4, 0.5) is 0 Å². The minimum atomic E-state index is -0.614. The highest BCUT2D eigenvalue weighted by Crippen LogP contribution is 2.26. The Morgan fingerprint density at radius 3 is 1.37 bits per heavy atom. The second kappa shape index (κ2) is 30.9. The minimum absolute atomic E-state index is 0.139. The number of aliphatic hydroxyl groups excluding tert-OH is 5. The highest BCUT2D eigenvalue weighted by atomic mass is 16.7. The van der Waals surface area contributed by atoms with Gasteiger partial charge in [0.1, 0.15) is 12.2 Å². The van der Waals surface area contributed by atoms with Crippen molar-refractivity contribution in [1.82, 2.24) is 0 Å². The van der Waals surface area contributed by atoms with Gasteiger partial charge in [-0.1, -0.05) is 72.8 Å². The first-order valence-electron chi connectivity index (χ1n) is 18.6.